The normalized spacial score (nSPS) is 14.0. The van der Waals surface area contributed by atoms with E-state index in [2.05, 4.69) is 64.0 Å². The molecule has 6 nitrogen and oxygen atoms in total. The highest BCUT2D eigenvalue weighted by molar-refractivity contribution is 5.79. The molecule has 0 fully saturated rings. The molecule has 2 N–H and O–H groups in total. The van der Waals surface area contributed by atoms with Crippen LogP contribution in [0.5, 0.6) is 0 Å². The van der Waals surface area contributed by atoms with Crippen molar-refractivity contribution in [2.75, 3.05) is 31.1 Å². The second-order valence-corrected chi connectivity index (χ2v) is 6.29. The molecule has 1 aromatic carbocycles. The zero-order chi connectivity index (χ0) is 18.0. The molecule has 1 aliphatic heterocycles. The molecular formula is C20H28N6. The van der Waals surface area contributed by atoms with E-state index >= 15 is 0 Å². The van der Waals surface area contributed by atoms with E-state index in [0.717, 1.165) is 45.1 Å². The number of rotatable bonds is 8. The molecule has 0 amide bonds. The molecule has 0 saturated carbocycles. The Kier molecular flexibility index (Phi) is 6.70. The van der Waals surface area contributed by atoms with E-state index < -0.39 is 0 Å². The quantitative estimate of drug-likeness (QED) is 0.332. The zero-order valence-electron chi connectivity index (χ0n) is 15.4. The van der Waals surface area contributed by atoms with Crippen LogP contribution in [-0.2, 0) is 13.1 Å². The van der Waals surface area contributed by atoms with E-state index in [-0.39, 0.29) is 0 Å². The third-order valence-corrected chi connectivity index (χ3v) is 4.30. The van der Waals surface area contributed by atoms with Crippen LogP contribution in [0.4, 0.5) is 5.69 Å². The maximum Gasteiger partial charge on any atom is 0.191 e. The van der Waals surface area contributed by atoms with Gasteiger partial charge in [-0.1, -0.05) is 24.3 Å². The number of nitrogens with one attached hydrogen (secondary N) is 2. The van der Waals surface area contributed by atoms with Crippen LogP contribution < -0.4 is 15.5 Å². The predicted octanol–water partition coefficient (Wildman–Crippen LogP) is 2.40. The van der Waals surface area contributed by atoms with Crippen molar-refractivity contribution in [3.63, 3.8) is 0 Å². The summed E-state index contributed by atoms with van der Waals surface area (Å²) in [6.45, 7) is 7.40. The van der Waals surface area contributed by atoms with Gasteiger partial charge in [0.15, 0.2) is 5.96 Å². The number of aliphatic imine (C=N–C) groups is 1. The molecule has 1 aromatic heterocycles. The maximum atomic E-state index is 4.69. The minimum atomic E-state index is 0.674. The number of hydrogen-bond acceptors (Lipinski definition) is 3. The lowest BCUT2D eigenvalue weighted by Crippen LogP contribution is -2.38. The van der Waals surface area contributed by atoms with Gasteiger partial charge in [0.05, 0.1) is 6.54 Å². The van der Waals surface area contributed by atoms with Crippen molar-refractivity contribution in [3.8, 4) is 0 Å². The third kappa shape index (κ3) is 5.37. The van der Waals surface area contributed by atoms with E-state index in [1.807, 2.05) is 23.1 Å². The lowest BCUT2D eigenvalue weighted by molar-refractivity contribution is 0.570. The SMILES string of the molecule is CCNC(=NCc1ccc(N2CC=CC2)cc1)NCCCn1cccn1. The number of benzene rings is 1. The van der Waals surface area contributed by atoms with Gasteiger partial charge in [-0.25, -0.2) is 4.99 Å². The summed E-state index contributed by atoms with van der Waals surface area (Å²) in [7, 11) is 0. The summed E-state index contributed by atoms with van der Waals surface area (Å²) in [5.41, 5.74) is 2.49. The average Bonchev–Trinajstić information content (AvgIpc) is 3.37. The Labute approximate surface area is 155 Å². The minimum absolute atomic E-state index is 0.674. The first-order chi connectivity index (χ1) is 12.8. The van der Waals surface area contributed by atoms with E-state index in [1.54, 1.807) is 0 Å². The Hall–Kier alpha value is -2.76. The molecule has 2 aromatic rings. The minimum Gasteiger partial charge on any atom is -0.364 e. The molecule has 26 heavy (non-hydrogen) atoms. The molecule has 6 heteroatoms. The van der Waals surface area contributed by atoms with Crippen molar-refractivity contribution in [3.05, 3.63) is 60.4 Å². The fourth-order valence-corrected chi connectivity index (χ4v) is 2.89. The van der Waals surface area contributed by atoms with Crippen LogP contribution in [0.25, 0.3) is 0 Å². The topological polar surface area (TPSA) is 57.5 Å². The zero-order valence-corrected chi connectivity index (χ0v) is 15.4. The summed E-state index contributed by atoms with van der Waals surface area (Å²) in [6, 6.07) is 10.6. The number of guanidine groups is 1. The van der Waals surface area contributed by atoms with Crippen molar-refractivity contribution < 1.29 is 0 Å². The molecule has 2 heterocycles. The van der Waals surface area contributed by atoms with Gasteiger partial charge in [0, 0.05) is 50.8 Å². The average molecular weight is 352 g/mol. The molecule has 0 aliphatic carbocycles. The fraction of sp³-hybridized carbons (Fsp3) is 0.400. The highest BCUT2D eigenvalue weighted by atomic mass is 15.3. The molecule has 138 valence electrons. The Morgan fingerprint density at radius 1 is 1.15 bits per heavy atom. The van der Waals surface area contributed by atoms with E-state index in [0.29, 0.717) is 6.54 Å². The Balaban J connectivity index is 1.46. The number of aromatic nitrogens is 2. The summed E-state index contributed by atoms with van der Waals surface area (Å²) in [5, 5.41) is 10.9. The van der Waals surface area contributed by atoms with Crippen LogP contribution in [0.1, 0.15) is 18.9 Å². The van der Waals surface area contributed by atoms with Crippen molar-refractivity contribution in [2.45, 2.75) is 26.4 Å². The predicted molar refractivity (Wildman–Crippen MR) is 107 cm³/mol. The molecule has 0 unspecified atom stereocenters. The maximum absolute atomic E-state index is 4.69. The fourth-order valence-electron chi connectivity index (χ4n) is 2.89. The number of anilines is 1. The van der Waals surface area contributed by atoms with Crippen molar-refractivity contribution in [2.24, 2.45) is 4.99 Å². The molecule has 0 radical (unpaired) electrons. The van der Waals surface area contributed by atoms with Crippen LogP contribution >= 0.6 is 0 Å². The first kappa shape index (κ1) is 18.0. The van der Waals surface area contributed by atoms with Gasteiger partial charge in [-0.05, 0) is 37.1 Å². The van der Waals surface area contributed by atoms with Gasteiger partial charge in [0.2, 0.25) is 0 Å². The summed E-state index contributed by atoms with van der Waals surface area (Å²) >= 11 is 0. The molecule has 3 rings (SSSR count). The van der Waals surface area contributed by atoms with Gasteiger partial charge >= 0.3 is 0 Å². The molecule has 1 aliphatic rings. The molecule has 0 atom stereocenters. The first-order valence-corrected chi connectivity index (χ1v) is 9.33. The molecule has 0 bridgehead atoms. The van der Waals surface area contributed by atoms with Crippen LogP contribution in [0.3, 0.4) is 0 Å². The van der Waals surface area contributed by atoms with E-state index in [4.69, 9.17) is 4.99 Å². The van der Waals surface area contributed by atoms with Crippen molar-refractivity contribution >= 4 is 11.6 Å². The second-order valence-electron chi connectivity index (χ2n) is 6.29. The Morgan fingerprint density at radius 2 is 1.96 bits per heavy atom. The standard InChI is InChI=1S/C20H28N6/c1-2-21-20(22-11-5-15-26-16-6-12-24-26)23-17-18-7-9-19(10-8-18)25-13-3-4-14-25/h3-4,6-10,12,16H,2,5,11,13-15,17H2,1H3,(H2,21,22,23). The van der Waals surface area contributed by atoms with E-state index in [1.165, 1.54) is 11.3 Å². The van der Waals surface area contributed by atoms with Gasteiger partial charge in [-0.3, -0.25) is 4.68 Å². The Morgan fingerprint density at radius 3 is 2.65 bits per heavy atom. The largest absolute Gasteiger partial charge is 0.364 e. The molecular weight excluding hydrogens is 324 g/mol. The second kappa shape index (κ2) is 9.65. The molecule has 0 spiro atoms. The van der Waals surface area contributed by atoms with Crippen LogP contribution in [-0.4, -0.2) is 41.9 Å². The third-order valence-electron chi connectivity index (χ3n) is 4.30. The number of nitrogens with zero attached hydrogens (tertiary/aromatic N) is 4. The lowest BCUT2D eigenvalue weighted by atomic mass is 10.2. The van der Waals surface area contributed by atoms with Gasteiger partial charge < -0.3 is 15.5 Å². The molecule has 0 saturated heterocycles. The van der Waals surface area contributed by atoms with Gasteiger partial charge in [-0.2, -0.15) is 5.10 Å². The smallest absolute Gasteiger partial charge is 0.191 e. The lowest BCUT2D eigenvalue weighted by Gasteiger charge is -2.17. The van der Waals surface area contributed by atoms with Crippen LogP contribution in [0, 0.1) is 0 Å². The number of aryl methyl sites for hydroxylation is 1. The summed E-state index contributed by atoms with van der Waals surface area (Å²) in [6.07, 6.45) is 9.22. The highest BCUT2D eigenvalue weighted by Crippen LogP contribution is 2.17. The van der Waals surface area contributed by atoms with Crippen LogP contribution in [0.15, 0.2) is 59.9 Å². The number of hydrogen-bond donors (Lipinski definition) is 2. The van der Waals surface area contributed by atoms with Crippen molar-refractivity contribution in [1.29, 1.82) is 0 Å². The summed E-state index contributed by atoms with van der Waals surface area (Å²) in [5.74, 6) is 0.862. The van der Waals surface area contributed by atoms with Gasteiger partial charge in [-0.15, -0.1) is 0 Å². The van der Waals surface area contributed by atoms with E-state index in [9.17, 15) is 0 Å². The van der Waals surface area contributed by atoms with Gasteiger partial charge in [0.25, 0.3) is 0 Å². The highest BCUT2D eigenvalue weighted by Gasteiger charge is 2.07. The van der Waals surface area contributed by atoms with Crippen LogP contribution in [0.2, 0.25) is 0 Å². The monoisotopic (exact) mass is 352 g/mol. The summed E-state index contributed by atoms with van der Waals surface area (Å²) < 4.78 is 1.95. The van der Waals surface area contributed by atoms with Crippen molar-refractivity contribution in [1.82, 2.24) is 20.4 Å². The van der Waals surface area contributed by atoms with Gasteiger partial charge in [0.1, 0.15) is 0 Å². The Bertz CT molecular complexity index is 694. The first-order valence-electron chi connectivity index (χ1n) is 9.33. The summed E-state index contributed by atoms with van der Waals surface area (Å²) in [4.78, 5) is 7.04.